The van der Waals surface area contributed by atoms with Crippen LogP contribution in [0.3, 0.4) is 0 Å². The summed E-state index contributed by atoms with van der Waals surface area (Å²) in [6.07, 6.45) is 0. The largest absolute Gasteiger partial charge is 0.506 e. The van der Waals surface area contributed by atoms with Gasteiger partial charge in [-0.25, -0.2) is 0 Å². The van der Waals surface area contributed by atoms with E-state index in [1.165, 1.54) is 0 Å². The lowest BCUT2D eigenvalue weighted by atomic mass is 10.1. The third-order valence-electron chi connectivity index (χ3n) is 3.22. The number of benzene rings is 2. The van der Waals surface area contributed by atoms with Crippen LogP contribution in [0.1, 0.15) is 20.8 Å². The highest BCUT2D eigenvalue weighted by Crippen LogP contribution is 2.45. The van der Waals surface area contributed by atoms with Crippen LogP contribution >= 0.6 is 0 Å². The predicted molar refractivity (Wildman–Crippen MR) is 81.7 cm³/mol. The van der Waals surface area contributed by atoms with Crippen molar-refractivity contribution in [2.24, 2.45) is 0 Å². The van der Waals surface area contributed by atoms with Gasteiger partial charge < -0.3 is 5.11 Å². The van der Waals surface area contributed by atoms with E-state index in [9.17, 15) is 5.11 Å². The molecule has 1 aliphatic heterocycles. The lowest BCUT2D eigenvalue weighted by Gasteiger charge is -2.40. The van der Waals surface area contributed by atoms with Gasteiger partial charge in [0.2, 0.25) is 0 Å². The van der Waals surface area contributed by atoms with Crippen LogP contribution in [0.2, 0.25) is 0 Å². The molecule has 0 aliphatic carbocycles. The van der Waals surface area contributed by atoms with Gasteiger partial charge in [-0.15, -0.1) is 0 Å². The number of hydrazine groups is 2. The molecule has 0 aromatic heterocycles. The average molecular weight is 268 g/mol. The van der Waals surface area contributed by atoms with Crippen LogP contribution in [0.25, 0.3) is 0 Å². The highest BCUT2D eigenvalue weighted by atomic mass is 16.3. The topological polar surface area (TPSA) is 38.7 Å². The van der Waals surface area contributed by atoms with Crippen LogP contribution in [0.5, 0.6) is 5.75 Å². The summed E-state index contributed by atoms with van der Waals surface area (Å²) in [4.78, 5) is 0. The number of hydrogen-bond acceptors (Lipinski definition) is 4. The number of para-hydroxylation sites is 1. The van der Waals surface area contributed by atoms with Gasteiger partial charge in [0.05, 0.1) is 16.9 Å². The zero-order chi connectivity index (χ0) is 14.3. The van der Waals surface area contributed by atoms with Crippen LogP contribution < -0.4 is 15.6 Å². The Hall–Kier alpha value is -2.36. The van der Waals surface area contributed by atoms with E-state index in [0.29, 0.717) is 0 Å². The molecule has 0 spiro atoms. The van der Waals surface area contributed by atoms with Crippen molar-refractivity contribution < 1.29 is 5.11 Å². The molecule has 3 rings (SSSR count). The van der Waals surface area contributed by atoms with Gasteiger partial charge in [0.25, 0.3) is 0 Å². The maximum absolute atomic E-state index is 10.2. The van der Waals surface area contributed by atoms with Crippen LogP contribution in [-0.4, -0.2) is 10.6 Å². The number of phenols is 1. The molecule has 1 radical (unpaired) electrons. The molecule has 0 saturated carbocycles. The molecule has 0 unspecified atom stereocenters. The molecule has 20 heavy (non-hydrogen) atoms. The molecule has 2 aromatic carbocycles. The Labute approximate surface area is 119 Å². The maximum atomic E-state index is 10.2. The fourth-order valence-electron chi connectivity index (χ4n) is 2.44. The summed E-state index contributed by atoms with van der Waals surface area (Å²) in [5, 5.41) is 14.2. The standard InChI is InChI=1S/C16H18N3O/c1-16(2,3)18-15-13(10-7-11-14(15)20)17-19(18)12-8-5-4-6-9-12/h4-5,7-11,17,20H,1-3H3. The molecule has 4 heteroatoms. The summed E-state index contributed by atoms with van der Waals surface area (Å²) in [6, 6.07) is 16.3. The van der Waals surface area contributed by atoms with Crippen LogP contribution in [0, 0.1) is 6.07 Å². The number of hydrogen-bond donors (Lipinski definition) is 2. The number of fused-ring (bicyclic) bond motifs is 1. The summed E-state index contributed by atoms with van der Waals surface area (Å²) >= 11 is 0. The van der Waals surface area contributed by atoms with Gasteiger partial charge in [-0.3, -0.25) is 10.4 Å². The van der Waals surface area contributed by atoms with Crippen LogP contribution in [0.15, 0.2) is 42.5 Å². The number of phenolic OH excluding ortho intramolecular Hbond substituents is 1. The zero-order valence-corrected chi connectivity index (χ0v) is 11.9. The minimum atomic E-state index is -0.188. The second kappa shape index (κ2) is 4.34. The van der Waals surface area contributed by atoms with E-state index in [4.69, 9.17) is 0 Å². The molecular formula is C16H18N3O. The summed E-state index contributed by atoms with van der Waals surface area (Å²) in [7, 11) is 0. The van der Waals surface area contributed by atoms with Gasteiger partial charge in [-0.05, 0) is 51.1 Å². The third kappa shape index (κ3) is 1.93. The molecule has 0 fully saturated rings. The summed E-state index contributed by atoms with van der Waals surface area (Å²) in [6.45, 7) is 6.32. The Morgan fingerprint density at radius 2 is 1.95 bits per heavy atom. The van der Waals surface area contributed by atoms with E-state index in [2.05, 4.69) is 37.3 Å². The van der Waals surface area contributed by atoms with Gasteiger partial charge in [-0.1, -0.05) is 18.2 Å². The van der Waals surface area contributed by atoms with E-state index >= 15 is 0 Å². The van der Waals surface area contributed by atoms with Gasteiger partial charge >= 0.3 is 0 Å². The van der Waals surface area contributed by atoms with Crippen molar-refractivity contribution >= 4 is 17.1 Å². The first-order valence-electron chi connectivity index (χ1n) is 6.63. The molecule has 1 aliphatic rings. The first-order valence-corrected chi connectivity index (χ1v) is 6.63. The average Bonchev–Trinajstić information content (AvgIpc) is 2.80. The molecule has 103 valence electrons. The molecule has 4 nitrogen and oxygen atoms in total. The minimum Gasteiger partial charge on any atom is -0.506 e. The molecule has 1 heterocycles. The van der Waals surface area contributed by atoms with Gasteiger partial charge in [-0.2, -0.15) is 5.12 Å². The molecule has 0 bridgehead atoms. The molecule has 0 amide bonds. The summed E-state index contributed by atoms with van der Waals surface area (Å²) in [5.41, 5.74) is 5.80. The fourth-order valence-corrected chi connectivity index (χ4v) is 2.44. The van der Waals surface area contributed by atoms with E-state index in [-0.39, 0.29) is 11.3 Å². The SMILES string of the molecule is CC(C)(C)N1c2c(O)cccc2NN1c1c[c]ccc1. The number of nitrogens with zero attached hydrogens (tertiary/aromatic N) is 2. The Kier molecular flexibility index (Phi) is 2.74. The smallest absolute Gasteiger partial charge is 0.143 e. The number of aromatic hydroxyl groups is 1. The van der Waals surface area contributed by atoms with Crippen molar-refractivity contribution in [2.75, 3.05) is 15.6 Å². The second-order valence-electron chi connectivity index (χ2n) is 5.84. The Bertz CT molecular complexity index is 619. The number of nitrogens with one attached hydrogen (secondary N) is 1. The van der Waals surface area contributed by atoms with Crippen molar-refractivity contribution in [1.29, 1.82) is 0 Å². The molecule has 2 aromatic rings. The predicted octanol–water partition coefficient (Wildman–Crippen LogP) is 3.56. The third-order valence-corrected chi connectivity index (χ3v) is 3.22. The molecule has 0 saturated heterocycles. The van der Waals surface area contributed by atoms with Crippen LogP contribution in [0.4, 0.5) is 17.1 Å². The normalized spacial score (nSPS) is 14.2. The second-order valence-corrected chi connectivity index (χ2v) is 5.84. The van der Waals surface area contributed by atoms with Gasteiger partial charge in [0, 0.05) is 0 Å². The summed E-state index contributed by atoms with van der Waals surface area (Å²) in [5.74, 6) is 0.271. The van der Waals surface area contributed by atoms with Crippen molar-refractivity contribution in [3.8, 4) is 5.75 Å². The van der Waals surface area contributed by atoms with Gasteiger partial charge in [0.1, 0.15) is 11.4 Å². The Balaban J connectivity index is 2.13. The highest BCUT2D eigenvalue weighted by Gasteiger charge is 2.37. The van der Waals surface area contributed by atoms with E-state index in [1.807, 2.05) is 41.5 Å². The Morgan fingerprint density at radius 1 is 1.15 bits per heavy atom. The first kappa shape index (κ1) is 12.7. The van der Waals surface area contributed by atoms with E-state index in [0.717, 1.165) is 17.1 Å². The lowest BCUT2D eigenvalue weighted by Crippen LogP contribution is -2.52. The lowest BCUT2D eigenvalue weighted by molar-refractivity contribution is 0.458. The molecule has 0 atom stereocenters. The van der Waals surface area contributed by atoms with E-state index in [1.54, 1.807) is 6.07 Å². The monoisotopic (exact) mass is 268 g/mol. The van der Waals surface area contributed by atoms with Crippen molar-refractivity contribution in [2.45, 2.75) is 26.3 Å². The maximum Gasteiger partial charge on any atom is 0.143 e. The summed E-state index contributed by atoms with van der Waals surface area (Å²) < 4.78 is 0. The van der Waals surface area contributed by atoms with Gasteiger partial charge in [0.15, 0.2) is 0 Å². The quantitative estimate of drug-likeness (QED) is 0.829. The fraction of sp³-hybridized carbons (Fsp3) is 0.250. The minimum absolute atomic E-state index is 0.188. The Morgan fingerprint density at radius 3 is 2.60 bits per heavy atom. The first-order chi connectivity index (χ1) is 9.48. The highest BCUT2D eigenvalue weighted by molar-refractivity contribution is 5.85. The molecule has 2 N–H and O–H groups in total. The van der Waals surface area contributed by atoms with Crippen LogP contribution in [-0.2, 0) is 0 Å². The zero-order valence-electron chi connectivity index (χ0n) is 11.9. The van der Waals surface area contributed by atoms with E-state index < -0.39 is 0 Å². The molecular weight excluding hydrogens is 250 g/mol. The van der Waals surface area contributed by atoms with Crippen molar-refractivity contribution in [3.05, 3.63) is 48.5 Å². The number of rotatable bonds is 1. The number of anilines is 3. The van der Waals surface area contributed by atoms with Crippen molar-refractivity contribution in [3.63, 3.8) is 0 Å². The van der Waals surface area contributed by atoms with Crippen molar-refractivity contribution in [1.82, 2.24) is 0 Å².